The number of nitrogens with one attached hydrogen (secondary N) is 1. The van der Waals surface area contributed by atoms with Crippen LogP contribution < -0.4 is 5.32 Å². The maximum absolute atomic E-state index is 10.6. The highest BCUT2D eigenvalue weighted by atomic mass is 16.4. The third kappa shape index (κ3) is 2.77. The lowest BCUT2D eigenvalue weighted by Crippen LogP contribution is -2.06. The van der Waals surface area contributed by atoms with Crippen molar-refractivity contribution in [2.75, 3.05) is 5.32 Å². The molecule has 0 saturated carbocycles. The number of carboxylic acid groups (broad SMARTS) is 1. The van der Waals surface area contributed by atoms with Crippen molar-refractivity contribution in [3.05, 3.63) is 35.8 Å². The summed E-state index contributed by atoms with van der Waals surface area (Å²) < 4.78 is 1.70. The van der Waals surface area contributed by atoms with Gasteiger partial charge in [0.05, 0.1) is 12.2 Å². The Bertz CT molecular complexity index is 520. The molecule has 2 aromatic heterocycles. The number of carbonyl (C=O) groups is 1. The van der Waals surface area contributed by atoms with Gasteiger partial charge in [0.2, 0.25) is 0 Å². The molecule has 0 aliphatic heterocycles. The van der Waals surface area contributed by atoms with Gasteiger partial charge in [0, 0.05) is 13.2 Å². The van der Waals surface area contributed by atoms with Gasteiger partial charge in [0.25, 0.3) is 0 Å². The van der Waals surface area contributed by atoms with Crippen molar-refractivity contribution in [2.24, 2.45) is 7.05 Å². The highest BCUT2D eigenvalue weighted by Gasteiger charge is 2.05. The Balaban J connectivity index is 1.97. The summed E-state index contributed by atoms with van der Waals surface area (Å²) in [7, 11) is 1.84. The van der Waals surface area contributed by atoms with E-state index < -0.39 is 5.97 Å². The molecule has 88 valence electrons. The van der Waals surface area contributed by atoms with Crippen LogP contribution in [0.2, 0.25) is 0 Å². The van der Waals surface area contributed by atoms with Gasteiger partial charge in [-0.1, -0.05) is 0 Å². The molecule has 0 amide bonds. The van der Waals surface area contributed by atoms with Crippen molar-refractivity contribution in [2.45, 2.75) is 6.54 Å². The van der Waals surface area contributed by atoms with Crippen LogP contribution in [0.4, 0.5) is 5.82 Å². The number of rotatable bonds is 4. The normalized spacial score (nSPS) is 10.2. The summed E-state index contributed by atoms with van der Waals surface area (Å²) in [6.07, 6.45) is 1.84. The van der Waals surface area contributed by atoms with Crippen LogP contribution in [0.15, 0.2) is 24.4 Å². The predicted molar refractivity (Wildman–Crippen MR) is 59.5 cm³/mol. The van der Waals surface area contributed by atoms with E-state index >= 15 is 0 Å². The van der Waals surface area contributed by atoms with E-state index in [2.05, 4.69) is 20.6 Å². The fourth-order valence-electron chi connectivity index (χ4n) is 1.28. The van der Waals surface area contributed by atoms with E-state index in [0.717, 1.165) is 5.69 Å². The van der Waals surface area contributed by atoms with Gasteiger partial charge in [-0.25, -0.2) is 4.79 Å². The highest BCUT2D eigenvalue weighted by Crippen LogP contribution is 2.04. The number of aromatic nitrogens is 4. The van der Waals surface area contributed by atoms with Crippen molar-refractivity contribution in [3.8, 4) is 0 Å². The lowest BCUT2D eigenvalue weighted by Gasteiger charge is -2.02. The number of hydrogen-bond donors (Lipinski definition) is 2. The molecule has 7 nitrogen and oxygen atoms in total. The van der Waals surface area contributed by atoms with E-state index in [-0.39, 0.29) is 5.69 Å². The molecule has 2 aromatic rings. The number of aromatic carboxylic acids is 1. The molecule has 0 saturated heterocycles. The second-order valence-electron chi connectivity index (χ2n) is 3.44. The molecule has 2 N–H and O–H groups in total. The minimum atomic E-state index is -1.09. The Morgan fingerprint density at radius 1 is 1.41 bits per heavy atom. The van der Waals surface area contributed by atoms with Crippen LogP contribution in [0, 0.1) is 0 Å². The Morgan fingerprint density at radius 3 is 2.76 bits per heavy atom. The van der Waals surface area contributed by atoms with Crippen molar-refractivity contribution in [1.29, 1.82) is 0 Å². The average Bonchev–Trinajstić information content (AvgIpc) is 2.73. The van der Waals surface area contributed by atoms with E-state index in [0.29, 0.717) is 12.4 Å². The molecule has 17 heavy (non-hydrogen) atoms. The van der Waals surface area contributed by atoms with Crippen LogP contribution >= 0.6 is 0 Å². The number of aryl methyl sites for hydroxylation is 1. The lowest BCUT2D eigenvalue weighted by atomic mass is 10.4. The summed E-state index contributed by atoms with van der Waals surface area (Å²) in [5.74, 6) is -0.575. The van der Waals surface area contributed by atoms with E-state index in [1.807, 2.05) is 19.3 Å². The van der Waals surface area contributed by atoms with E-state index in [4.69, 9.17) is 5.11 Å². The molecule has 0 fully saturated rings. The monoisotopic (exact) mass is 233 g/mol. The van der Waals surface area contributed by atoms with Gasteiger partial charge in [-0.3, -0.25) is 4.68 Å². The fraction of sp³-hybridized carbons (Fsp3) is 0.200. The molecule has 0 spiro atoms. The molecule has 2 heterocycles. The first-order valence-electron chi connectivity index (χ1n) is 4.94. The molecule has 0 aromatic carbocycles. The Morgan fingerprint density at radius 2 is 2.24 bits per heavy atom. The third-order valence-corrected chi connectivity index (χ3v) is 2.10. The first kappa shape index (κ1) is 11.1. The number of carboxylic acids is 1. The molecule has 0 unspecified atom stereocenters. The second-order valence-corrected chi connectivity index (χ2v) is 3.44. The number of nitrogens with zero attached hydrogens (tertiary/aromatic N) is 4. The Kier molecular flexibility index (Phi) is 2.99. The van der Waals surface area contributed by atoms with Crippen LogP contribution in [-0.2, 0) is 13.6 Å². The summed E-state index contributed by atoms with van der Waals surface area (Å²) in [4.78, 5) is 10.6. The van der Waals surface area contributed by atoms with Gasteiger partial charge in [-0.15, -0.1) is 10.2 Å². The average molecular weight is 233 g/mol. The second kappa shape index (κ2) is 4.60. The first-order chi connectivity index (χ1) is 8.15. The molecule has 0 atom stereocenters. The zero-order valence-electron chi connectivity index (χ0n) is 9.16. The van der Waals surface area contributed by atoms with Gasteiger partial charge >= 0.3 is 5.97 Å². The zero-order chi connectivity index (χ0) is 12.3. The van der Waals surface area contributed by atoms with Gasteiger partial charge in [0.15, 0.2) is 5.69 Å². The molecule has 2 rings (SSSR count). The first-order valence-corrected chi connectivity index (χ1v) is 4.94. The van der Waals surface area contributed by atoms with E-state index in [1.165, 1.54) is 6.07 Å². The van der Waals surface area contributed by atoms with Crippen molar-refractivity contribution in [3.63, 3.8) is 0 Å². The van der Waals surface area contributed by atoms with Gasteiger partial charge in [-0.05, 0) is 18.2 Å². The van der Waals surface area contributed by atoms with Gasteiger partial charge in [0.1, 0.15) is 5.82 Å². The molecule has 0 aliphatic rings. The quantitative estimate of drug-likeness (QED) is 0.799. The summed E-state index contributed by atoms with van der Waals surface area (Å²) >= 11 is 0. The number of anilines is 1. The van der Waals surface area contributed by atoms with Crippen LogP contribution in [0.5, 0.6) is 0 Å². The molecule has 0 bridgehead atoms. The van der Waals surface area contributed by atoms with Crippen LogP contribution in [0.1, 0.15) is 16.2 Å². The zero-order valence-corrected chi connectivity index (χ0v) is 9.16. The summed E-state index contributed by atoms with van der Waals surface area (Å²) in [5, 5.41) is 23.1. The third-order valence-electron chi connectivity index (χ3n) is 2.10. The SMILES string of the molecule is Cn1ccc(CNc2ccc(C(=O)O)nn2)n1. The van der Waals surface area contributed by atoms with E-state index in [9.17, 15) is 4.79 Å². The smallest absolute Gasteiger partial charge is 0.356 e. The number of hydrogen-bond acceptors (Lipinski definition) is 5. The maximum atomic E-state index is 10.6. The van der Waals surface area contributed by atoms with Crippen LogP contribution in [-0.4, -0.2) is 31.1 Å². The van der Waals surface area contributed by atoms with Crippen molar-refractivity contribution in [1.82, 2.24) is 20.0 Å². The largest absolute Gasteiger partial charge is 0.476 e. The van der Waals surface area contributed by atoms with E-state index in [1.54, 1.807) is 10.7 Å². The Labute approximate surface area is 97.1 Å². The molecular weight excluding hydrogens is 222 g/mol. The molecule has 0 aliphatic carbocycles. The molecular formula is C10H11N5O2. The highest BCUT2D eigenvalue weighted by molar-refractivity contribution is 5.85. The standard InChI is InChI=1S/C10H11N5O2/c1-15-5-4-7(14-15)6-11-9-3-2-8(10(16)17)12-13-9/h2-5H,6H2,1H3,(H,11,13)(H,16,17). The predicted octanol–water partition coefficient (Wildman–Crippen LogP) is 0.520. The van der Waals surface area contributed by atoms with Gasteiger partial charge in [-0.2, -0.15) is 5.10 Å². The Hall–Kier alpha value is -2.44. The van der Waals surface area contributed by atoms with Crippen molar-refractivity contribution < 1.29 is 9.90 Å². The topological polar surface area (TPSA) is 92.9 Å². The summed E-state index contributed by atoms with van der Waals surface area (Å²) in [6.45, 7) is 0.516. The minimum Gasteiger partial charge on any atom is -0.476 e. The maximum Gasteiger partial charge on any atom is 0.356 e. The lowest BCUT2D eigenvalue weighted by molar-refractivity contribution is 0.0689. The molecule has 0 radical (unpaired) electrons. The van der Waals surface area contributed by atoms with Crippen LogP contribution in [0.3, 0.4) is 0 Å². The van der Waals surface area contributed by atoms with Gasteiger partial charge < -0.3 is 10.4 Å². The van der Waals surface area contributed by atoms with Crippen molar-refractivity contribution >= 4 is 11.8 Å². The summed E-state index contributed by atoms with van der Waals surface area (Å²) in [6, 6.07) is 4.85. The van der Waals surface area contributed by atoms with Crippen LogP contribution in [0.25, 0.3) is 0 Å². The molecule has 7 heteroatoms. The minimum absolute atomic E-state index is 0.0756. The summed E-state index contributed by atoms with van der Waals surface area (Å²) in [5.41, 5.74) is 0.796. The fourth-order valence-corrected chi connectivity index (χ4v) is 1.28.